The summed E-state index contributed by atoms with van der Waals surface area (Å²) in [5, 5.41) is 32.7. The van der Waals surface area contributed by atoms with E-state index in [1.165, 1.54) is 13.0 Å². The number of benzene rings is 2. The van der Waals surface area contributed by atoms with Gasteiger partial charge in [0.1, 0.15) is 0 Å². The highest BCUT2D eigenvalue weighted by molar-refractivity contribution is 9.10. The molecule has 0 aliphatic carbocycles. The van der Waals surface area contributed by atoms with Crippen LogP contribution in [0.15, 0.2) is 28.7 Å². The third kappa shape index (κ3) is 3.04. The highest BCUT2D eigenvalue weighted by atomic mass is 79.9. The molecule has 0 amide bonds. The van der Waals surface area contributed by atoms with Crippen LogP contribution < -0.4 is 4.90 Å². The van der Waals surface area contributed by atoms with Crippen LogP contribution in [0, 0.1) is 27.2 Å². The first-order valence-electron chi connectivity index (χ1n) is 7.92. The molecule has 8 nitrogen and oxygen atoms in total. The number of hydrogen-bond acceptors (Lipinski definition) is 6. The van der Waals surface area contributed by atoms with E-state index in [0.29, 0.717) is 19.5 Å². The minimum absolute atomic E-state index is 0.00361. The van der Waals surface area contributed by atoms with Gasteiger partial charge >= 0.3 is 5.69 Å². The van der Waals surface area contributed by atoms with E-state index in [-0.39, 0.29) is 28.2 Å². The molecule has 2 aromatic rings. The van der Waals surface area contributed by atoms with Gasteiger partial charge in [0, 0.05) is 29.2 Å². The number of fused-ring (bicyclic) bond motifs is 1. The molecule has 0 spiro atoms. The summed E-state index contributed by atoms with van der Waals surface area (Å²) < 4.78 is 0.869. The maximum Gasteiger partial charge on any atom is 0.302 e. The zero-order chi connectivity index (χ0) is 19.0. The number of nitro benzene ring substituents is 2. The van der Waals surface area contributed by atoms with Crippen LogP contribution in [0.3, 0.4) is 0 Å². The van der Waals surface area contributed by atoms with E-state index in [2.05, 4.69) is 15.9 Å². The Morgan fingerprint density at radius 3 is 2.62 bits per heavy atom. The number of aliphatic hydroxyl groups excluding tert-OH is 1. The lowest BCUT2D eigenvalue weighted by Crippen LogP contribution is -2.32. The van der Waals surface area contributed by atoms with Gasteiger partial charge in [-0.3, -0.25) is 20.2 Å². The van der Waals surface area contributed by atoms with Crippen molar-refractivity contribution in [1.29, 1.82) is 0 Å². The van der Waals surface area contributed by atoms with E-state index < -0.39 is 16.5 Å². The van der Waals surface area contributed by atoms with Crippen molar-refractivity contribution >= 4 is 33.0 Å². The predicted octanol–water partition coefficient (Wildman–Crippen LogP) is 3.63. The third-order valence-corrected chi connectivity index (χ3v) is 5.44. The van der Waals surface area contributed by atoms with Crippen LogP contribution in [-0.4, -0.2) is 21.5 Å². The van der Waals surface area contributed by atoms with Crippen LogP contribution in [0.2, 0.25) is 0 Å². The van der Waals surface area contributed by atoms with Crippen molar-refractivity contribution < 1.29 is 15.0 Å². The van der Waals surface area contributed by atoms with Crippen molar-refractivity contribution in [1.82, 2.24) is 0 Å². The number of nitrogens with zero attached hydrogens (tertiary/aromatic N) is 3. The van der Waals surface area contributed by atoms with E-state index in [0.717, 1.165) is 15.6 Å². The molecule has 0 aromatic heterocycles. The molecule has 1 aliphatic heterocycles. The predicted molar refractivity (Wildman–Crippen MR) is 99.3 cm³/mol. The molecule has 0 atom stereocenters. The van der Waals surface area contributed by atoms with Crippen molar-refractivity contribution in [3.8, 4) is 0 Å². The fourth-order valence-corrected chi connectivity index (χ4v) is 3.89. The first-order valence-corrected chi connectivity index (χ1v) is 8.71. The third-order valence-electron chi connectivity index (χ3n) is 4.70. The number of rotatable bonds is 4. The summed E-state index contributed by atoms with van der Waals surface area (Å²) in [6, 6.07) is 7.02. The van der Waals surface area contributed by atoms with Crippen LogP contribution in [0.5, 0.6) is 0 Å². The van der Waals surface area contributed by atoms with E-state index in [4.69, 9.17) is 0 Å². The molecule has 0 saturated heterocycles. The number of halogens is 1. The lowest BCUT2D eigenvalue weighted by molar-refractivity contribution is -0.393. The smallest absolute Gasteiger partial charge is 0.302 e. The van der Waals surface area contributed by atoms with Crippen LogP contribution in [-0.2, 0) is 19.6 Å². The van der Waals surface area contributed by atoms with Gasteiger partial charge < -0.3 is 10.0 Å². The minimum Gasteiger partial charge on any atom is -0.392 e. The van der Waals surface area contributed by atoms with Gasteiger partial charge in [-0.1, -0.05) is 28.1 Å². The van der Waals surface area contributed by atoms with Gasteiger partial charge in [-0.25, -0.2) is 0 Å². The van der Waals surface area contributed by atoms with E-state index in [1.54, 1.807) is 4.90 Å². The molecule has 1 aliphatic rings. The normalized spacial score (nSPS) is 13.4. The Kier molecular flexibility index (Phi) is 4.92. The Balaban J connectivity index is 2.21. The Morgan fingerprint density at radius 1 is 1.27 bits per heavy atom. The Morgan fingerprint density at radius 2 is 2.00 bits per heavy atom. The van der Waals surface area contributed by atoms with Crippen molar-refractivity contribution in [3.05, 3.63) is 71.2 Å². The average Bonchev–Trinajstić information content (AvgIpc) is 2.60. The van der Waals surface area contributed by atoms with Crippen molar-refractivity contribution in [3.63, 3.8) is 0 Å². The Labute approximate surface area is 157 Å². The van der Waals surface area contributed by atoms with Gasteiger partial charge in [0.2, 0.25) is 0 Å². The summed E-state index contributed by atoms with van der Waals surface area (Å²) >= 11 is 3.49. The van der Waals surface area contributed by atoms with Gasteiger partial charge in [-0.15, -0.1) is 0 Å². The summed E-state index contributed by atoms with van der Waals surface area (Å²) in [6.07, 6.45) is 0.629. The molecule has 0 fully saturated rings. The number of nitro groups is 2. The zero-order valence-electron chi connectivity index (χ0n) is 13.9. The second kappa shape index (κ2) is 7.00. The standard InChI is InChI=1S/C17H16BrN3O5/c1-10-12(9-22)7-15(20(23)24)17(16(10)21(25)26)19-6-5-11-3-2-4-14(18)13(11)8-19/h2-4,7,22H,5-6,8-9H2,1H3. The van der Waals surface area contributed by atoms with Crippen LogP contribution >= 0.6 is 15.9 Å². The molecular weight excluding hydrogens is 406 g/mol. The molecular formula is C17H16BrN3O5. The molecule has 0 radical (unpaired) electrons. The molecule has 3 rings (SSSR count). The van der Waals surface area contributed by atoms with Crippen molar-refractivity contribution in [2.75, 3.05) is 11.4 Å². The van der Waals surface area contributed by atoms with Crippen LogP contribution in [0.4, 0.5) is 17.1 Å². The first kappa shape index (κ1) is 18.3. The molecule has 26 heavy (non-hydrogen) atoms. The lowest BCUT2D eigenvalue weighted by Gasteiger charge is -2.31. The first-order chi connectivity index (χ1) is 12.3. The maximum atomic E-state index is 11.7. The molecule has 1 heterocycles. The molecule has 136 valence electrons. The second-order valence-electron chi connectivity index (χ2n) is 6.10. The van der Waals surface area contributed by atoms with E-state index in [1.807, 2.05) is 18.2 Å². The molecule has 1 N–H and O–H groups in total. The fourth-order valence-electron chi connectivity index (χ4n) is 3.36. The zero-order valence-corrected chi connectivity index (χ0v) is 15.5. The number of hydrogen-bond donors (Lipinski definition) is 1. The van der Waals surface area contributed by atoms with E-state index in [9.17, 15) is 25.3 Å². The summed E-state index contributed by atoms with van der Waals surface area (Å²) in [5.41, 5.74) is 1.83. The summed E-state index contributed by atoms with van der Waals surface area (Å²) in [7, 11) is 0. The van der Waals surface area contributed by atoms with Crippen molar-refractivity contribution in [2.45, 2.75) is 26.5 Å². The van der Waals surface area contributed by atoms with Crippen LogP contribution in [0.25, 0.3) is 0 Å². The second-order valence-corrected chi connectivity index (χ2v) is 6.95. The van der Waals surface area contributed by atoms with Gasteiger partial charge in [0.05, 0.1) is 16.5 Å². The van der Waals surface area contributed by atoms with Gasteiger partial charge in [-0.05, 0) is 36.1 Å². The minimum atomic E-state index is -0.628. The van der Waals surface area contributed by atoms with E-state index >= 15 is 0 Å². The lowest BCUT2D eigenvalue weighted by atomic mass is 9.97. The Hall–Kier alpha value is -2.52. The maximum absolute atomic E-state index is 11.7. The Bertz CT molecular complexity index is 916. The molecule has 0 unspecified atom stereocenters. The van der Waals surface area contributed by atoms with Crippen LogP contribution in [0.1, 0.15) is 22.3 Å². The van der Waals surface area contributed by atoms with Gasteiger partial charge in [-0.2, -0.15) is 0 Å². The number of anilines is 1. The monoisotopic (exact) mass is 421 g/mol. The SMILES string of the molecule is Cc1c(CO)cc([N+](=O)[O-])c(N2CCc3cccc(Br)c3C2)c1[N+](=O)[O-]. The quantitative estimate of drug-likeness (QED) is 0.595. The summed E-state index contributed by atoms with van der Waals surface area (Å²) in [5.74, 6) is 0. The van der Waals surface area contributed by atoms with Gasteiger partial charge in [0.25, 0.3) is 5.69 Å². The molecule has 2 aromatic carbocycles. The average molecular weight is 422 g/mol. The van der Waals surface area contributed by atoms with Crippen molar-refractivity contribution in [2.24, 2.45) is 0 Å². The summed E-state index contributed by atoms with van der Waals surface area (Å²) in [4.78, 5) is 23.7. The highest BCUT2D eigenvalue weighted by Crippen LogP contribution is 2.44. The largest absolute Gasteiger partial charge is 0.392 e. The topological polar surface area (TPSA) is 110 Å². The molecule has 0 saturated carbocycles. The van der Waals surface area contributed by atoms with Gasteiger partial charge in [0.15, 0.2) is 5.69 Å². The fraction of sp³-hybridized carbons (Fsp3) is 0.294. The number of aliphatic hydroxyl groups is 1. The highest BCUT2D eigenvalue weighted by Gasteiger charge is 2.35. The summed E-state index contributed by atoms with van der Waals surface area (Å²) in [6.45, 7) is 1.77. The molecule has 9 heteroatoms. The molecule has 0 bridgehead atoms.